The van der Waals surface area contributed by atoms with E-state index >= 15 is 0 Å². The van der Waals surface area contributed by atoms with Gasteiger partial charge in [-0.2, -0.15) is 0 Å². The maximum absolute atomic E-state index is 11.6. The summed E-state index contributed by atoms with van der Waals surface area (Å²) >= 11 is 0. The van der Waals surface area contributed by atoms with Crippen molar-refractivity contribution >= 4 is 12.0 Å². The first-order valence-corrected chi connectivity index (χ1v) is 7.27. The number of hydrogen-bond acceptors (Lipinski definition) is 3. The van der Waals surface area contributed by atoms with Crippen molar-refractivity contribution in [3.05, 3.63) is 35.4 Å². The number of carbonyl (C=O) groups is 2. The highest BCUT2D eigenvalue weighted by Crippen LogP contribution is 2.18. The highest BCUT2D eigenvalue weighted by molar-refractivity contribution is 5.92. The summed E-state index contributed by atoms with van der Waals surface area (Å²) in [6.07, 6.45) is 0.291. The molecule has 0 radical (unpaired) electrons. The van der Waals surface area contributed by atoms with Crippen molar-refractivity contribution in [1.29, 1.82) is 0 Å². The summed E-state index contributed by atoms with van der Waals surface area (Å²) in [4.78, 5) is 22.6. The Labute approximate surface area is 126 Å². The van der Waals surface area contributed by atoms with Crippen LogP contribution in [0.3, 0.4) is 0 Å². The monoisotopic (exact) mass is 293 g/mol. The molecule has 0 saturated heterocycles. The molecule has 1 rings (SSSR count). The maximum Gasteiger partial charge on any atom is 0.413 e. The number of methoxy groups -OCH3 is 1. The molecule has 5 nitrogen and oxygen atoms in total. The van der Waals surface area contributed by atoms with Crippen LogP contribution in [0.2, 0.25) is 0 Å². The zero-order valence-corrected chi connectivity index (χ0v) is 13.2. The van der Waals surface area contributed by atoms with Crippen LogP contribution in [0.15, 0.2) is 24.3 Å². The van der Waals surface area contributed by atoms with E-state index in [1.54, 1.807) is 0 Å². The summed E-state index contributed by atoms with van der Waals surface area (Å²) in [7, 11) is 1.23. The van der Waals surface area contributed by atoms with Crippen molar-refractivity contribution < 1.29 is 19.6 Å². The molecule has 0 aliphatic heterocycles. The van der Waals surface area contributed by atoms with E-state index in [1.807, 2.05) is 5.32 Å². The van der Waals surface area contributed by atoms with Gasteiger partial charge in [0.05, 0.1) is 7.11 Å². The summed E-state index contributed by atoms with van der Waals surface area (Å²) in [5.74, 6) is 0.0288. The Morgan fingerprint density at radius 1 is 1.24 bits per heavy atom. The second-order valence-corrected chi connectivity index (χ2v) is 5.34. The van der Waals surface area contributed by atoms with Gasteiger partial charge in [0.15, 0.2) is 6.54 Å². The first-order valence-electron chi connectivity index (χ1n) is 7.27. The van der Waals surface area contributed by atoms with Crippen LogP contribution in [0.4, 0.5) is 4.79 Å². The summed E-state index contributed by atoms with van der Waals surface area (Å²) in [6.45, 7) is 6.55. The van der Waals surface area contributed by atoms with E-state index in [9.17, 15) is 9.59 Å². The molecule has 0 fully saturated rings. The van der Waals surface area contributed by atoms with Crippen molar-refractivity contribution in [3.8, 4) is 0 Å². The quantitative estimate of drug-likeness (QED) is 0.832. The van der Waals surface area contributed by atoms with Crippen molar-refractivity contribution in [2.45, 2.75) is 33.2 Å². The fraction of sp³-hybridized carbons (Fsp3) is 0.500. The third kappa shape index (κ3) is 5.55. The molecule has 1 aromatic carbocycles. The zero-order valence-electron chi connectivity index (χ0n) is 13.2. The Hall–Kier alpha value is -1.88. The number of quaternary nitrogens is 1. The molecule has 1 aromatic rings. The van der Waals surface area contributed by atoms with Gasteiger partial charge in [0.25, 0.3) is 5.91 Å². The lowest BCUT2D eigenvalue weighted by Crippen LogP contribution is -2.88. The number of benzene rings is 1. The number of alkyl carbamates (subject to hydrolysis) is 1. The van der Waals surface area contributed by atoms with E-state index in [2.05, 4.69) is 55.1 Å². The summed E-state index contributed by atoms with van der Waals surface area (Å²) in [5.41, 5.74) is 2.48. The third-order valence-electron chi connectivity index (χ3n) is 3.48. The normalized spacial score (nSPS) is 12.0. The van der Waals surface area contributed by atoms with Gasteiger partial charge in [-0.25, -0.2) is 4.79 Å². The second kappa shape index (κ2) is 8.42. The molecule has 0 spiro atoms. The van der Waals surface area contributed by atoms with Gasteiger partial charge in [0.1, 0.15) is 6.04 Å². The van der Waals surface area contributed by atoms with Gasteiger partial charge in [0, 0.05) is 11.5 Å². The molecular formula is C16H25N2O3+. The molecule has 3 N–H and O–H groups in total. The number of nitrogens with one attached hydrogen (secondary N) is 1. The minimum absolute atomic E-state index is 0.180. The van der Waals surface area contributed by atoms with Crippen LogP contribution >= 0.6 is 0 Å². The van der Waals surface area contributed by atoms with Crippen molar-refractivity contribution in [3.63, 3.8) is 0 Å². The highest BCUT2D eigenvalue weighted by Gasteiger charge is 2.21. The third-order valence-corrected chi connectivity index (χ3v) is 3.48. The van der Waals surface area contributed by atoms with Gasteiger partial charge < -0.3 is 10.1 Å². The fourth-order valence-electron chi connectivity index (χ4n) is 2.22. The average molecular weight is 293 g/mol. The Morgan fingerprint density at radius 2 is 1.86 bits per heavy atom. The fourth-order valence-corrected chi connectivity index (χ4v) is 2.22. The molecule has 0 aliphatic rings. The van der Waals surface area contributed by atoms with Gasteiger partial charge in [0.2, 0.25) is 0 Å². The van der Waals surface area contributed by atoms with Crippen LogP contribution in [0.25, 0.3) is 0 Å². The Morgan fingerprint density at radius 3 is 2.33 bits per heavy atom. The van der Waals surface area contributed by atoms with Gasteiger partial charge in [-0.1, -0.05) is 45.0 Å². The van der Waals surface area contributed by atoms with E-state index in [-0.39, 0.29) is 18.5 Å². The van der Waals surface area contributed by atoms with Gasteiger partial charge in [-0.05, 0) is 12.0 Å². The van der Waals surface area contributed by atoms with E-state index in [0.717, 1.165) is 6.42 Å². The van der Waals surface area contributed by atoms with Crippen LogP contribution in [0.1, 0.15) is 37.9 Å². The first-order chi connectivity index (χ1) is 9.97. The predicted octanol–water partition coefficient (Wildman–Crippen LogP) is 1.39. The van der Waals surface area contributed by atoms with Gasteiger partial charge >= 0.3 is 6.09 Å². The van der Waals surface area contributed by atoms with E-state index in [4.69, 9.17) is 0 Å². The number of ether oxygens (including phenoxy) is 1. The van der Waals surface area contributed by atoms with E-state index in [0.29, 0.717) is 5.92 Å². The molecule has 116 valence electrons. The van der Waals surface area contributed by atoms with Crippen LogP contribution in [-0.4, -0.2) is 25.7 Å². The number of hydrogen-bond donors (Lipinski definition) is 2. The number of imide groups is 1. The molecule has 0 saturated carbocycles. The molecule has 21 heavy (non-hydrogen) atoms. The standard InChI is InChI=1S/C16H24N2O3/c1-5-12-6-8-13(9-7-12)15(11(2)3)17-10-14(19)18-16(20)21-4/h6-9,11,15,17H,5,10H2,1-4H3,(H,18,19,20)/p+1/t15-/m1/s1. The highest BCUT2D eigenvalue weighted by atomic mass is 16.5. The number of rotatable bonds is 6. The minimum atomic E-state index is -0.721. The molecule has 2 amide bonds. The Bertz CT molecular complexity index is 469. The lowest BCUT2D eigenvalue weighted by Gasteiger charge is -2.19. The lowest BCUT2D eigenvalue weighted by molar-refractivity contribution is -0.692. The second-order valence-electron chi connectivity index (χ2n) is 5.34. The molecule has 0 aliphatic carbocycles. The number of amides is 2. The molecule has 0 aromatic heterocycles. The number of carbonyl (C=O) groups excluding carboxylic acids is 2. The van der Waals surface area contributed by atoms with Crippen LogP contribution in [0.5, 0.6) is 0 Å². The van der Waals surface area contributed by atoms with E-state index in [1.165, 1.54) is 18.2 Å². The summed E-state index contributed by atoms with van der Waals surface area (Å²) in [5, 5.41) is 4.11. The summed E-state index contributed by atoms with van der Waals surface area (Å²) in [6, 6.07) is 8.63. The van der Waals surface area contributed by atoms with Gasteiger partial charge in [-0.15, -0.1) is 0 Å². The minimum Gasteiger partial charge on any atom is -0.453 e. The van der Waals surface area contributed by atoms with Crippen LogP contribution in [-0.2, 0) is 16.0 Å². The SMILES string of the molecule is CCc1ccc([C@H]([NH2+]CC(=O)NC(=O)OC)C(C)C)cc1. The Kier molecular flexibility index (Phi) is 6.88. The topological polar surface area (TPSA) is 72.0 Å². The molecular weight excluding hydrogens is 268 g/mol. The van der Waals surface area contributed by atoms with Crippen LogP contribution < -0.4 is 10.6 Å². The first kappa shape index (κ1) is 17.2. The smallest absolute Gasteiger partial charge is 0.413 e. The van der Waals surface area contributed by atoms with Crippen molar-refractivity contribution in [2.24, 2.45) is 5.92 Å². The van der Waals surface area contributed by atoms with Gasteiger partial charge in [-0.3, -0.25) is 10.1 Å². The van der Waals surface area contributed by atoms with Crippen molar-refractivity contribution in [1.82, 2.24) is 5.32 Å². The lowest BCUT2D eigenvalue weighted by atomic mass is 9.95. The molecule has 5 heteroatoms. The van der Waals surface area contributed by atoms with E-state index < -0.39 is 6.09 Å². The number of nitrogens with two attached hydrogens (primary N) is 1. The molecule has 0 heterocycles. The Balaban J connectivity index is 2.65. The molecule has 0 bridgehead atoms. The average Bonchev–Trinajstić information content (AvgIpc) is 2.47. The van der Waals surface area contributed by atoms with Crippen molar-refractivity contribution in [2.75, 3.05) is 13.7 Å². The number of aryl methyl sites for hydroxylation is 1. The summed E-state index contributed by atoms with van der Waals surface area (Å²) < 4.78 is 4.40. The predicted molar refractivity (Wildman–Crippen MR) is 80.7 cm³/mol. The molecule has 0 unspecified atom stereocenters. The van der Waals surface area contributed by atoms with Crippen LogP contribution in [0, 0.1) is 5.92 Å². The largest absolute Gasteiger partial charge is 0.453 e. The molecule has 1 atom stereocenters. The zero-order chi connectivity index (χ0) is 15.8. The maximum atomic E-state index is 11.6.